The smallest absolute Gasteiger partial charge is 0.270 e. The number of nitrogens with one attached hydrogen (secondary N) is 2. The SMILES string of the molecule is Cn1nccc1C(=O)N[C@H](C(=O)Nc1ccc(C2CCOCC2)cc1)[C@H](c1ccccc1Cl)C1(C)CC1. The molecule has 37 heavy (non-hydrogen) atoms. The third-order valence-electron chi connectivity index (χ3n) is 7.86. The van der Waals surface area contributed by atoms with Crippen molar-refractivity contribution in [3.63, 3.8) is 0 Å². The van der Waals surface area contributed by atoms with E-state index in [1.54, 1.807) is 19.3 Å². The van der Waals surface area contributed by atoms with Gasteiger partial charge in [0.1, 0.15) is 11.7 Å². The second kappa shape index (κ2) is 10.7. The summed E-state index contributed by atoms with van der Waals surface area (Å²) in [7, 11) is 1.71. The molecule has 8 heteroatoms. The number of rotatable bonds is 8. The number of carbonyl (C=O) groups is 2. The number of anilines is 1. The molecule has 1 saturated heterocycles. The Morgan fingerprint density at radius 3 is 2.41 bits per heavy atom. The lowest BCUT2D eigenvalue weighted by Crippen LogP contribution is -2.50. The van der Waals surface area contributed by atoms with Crippen molar-refractivity contribution in [1.82, 2.24) is 15.1 Å². The van der Waals surface area contributed by atoms with Crippen molar-refractivity contribution in [2.45, 2.75) is 50.5 Å². The van der Waals surface area contributed by atoms with E-state index in [0.29, 0.717) is 22.3 Å². The van der Waals surface area contributed by atoms with Crippen LogP contribution in [0.1, 0.15) is 66.1 Å². The Kier molecular flexibility index (Phi) is 7.36. The molecule has 0 unspecified atom stereocenters. The minimum absolute atomic E-state index is 0.153. The standard InChI is InChI=1S/C29H33ClN4O3/c1-29(14-15-29)25(22-5-3-4-6-23(22)30)26(33-27(35)24-11-16-31-34(24)2)28(36)32-21-9-7-19(8-10-21)20-12-17-37-18-13-20/h3-11,16,20,25-26H,12-15,17-18H2,1-2H3,(H,32,36)(H,33,35)/t25-,26-/m0/s1. The molecular weight excluding hydrogens is 488 g/mol. The Balaban J connectivity index is 1.43. The van der Waals surface area contributed by atoms with Gasteiger partial charge in [0.2, 0.25) is 5.91 Å². The lowest BCUT2D eigenvalue weighted by molar-refractivity contribution is -0.119. The van der Waals surface area contributed by atoms with Crippen LogP contribution in [0.3, 0.4) is 0 Å². The number of aryl methyl sites for hydroxylation is 1. The summed E-state index contributed by atoms with van der Waals surface area (Å²) < 4.78 is 6.99. The fourth-order valence-electron chi connectivity index (χ4n) is 5.39. The summed E-state index contributed by atoms with van der Waals surface area (Å²) in [5.41, 5.74) is 3.04. The molecule has 2 aliphatic rings. The van der Waals surface area contributed by atoms with Crippen LogP contribution in [0.2, 0.25) is 5.02 Å². The highest BCUT2D eigenvalue weighted by molar-refractivity contribution is 6.31. The Morgan fingerprint density at radius 2 is 1.78 bits per heavy atom. The van der Waals surface area contributed by atoms with Crippen molar-refractivity contribution in [3.05, 3.63) is 82.6 Å². The van der Waals surface area contributed by atoms with Crippen LogP contribution < -0.4 is 10.6 Å². The summed E-state index contributed by atoms with van der Waals surface area (Å²) in [5, 5.41) is 10.8. The van der Waals surface area contributed by atoms with Gasteiger partial charge in [0.05, 0.1) is 0 Å². The first kappa shape index (κ1) is 25.5. The van der Waals surface area contributed by atoms with Crippen LogP contribution in [0.25, 0.3) is 0 Å². The molecule has 0 radical (unpaired) electrons. The van der Waals surface area contributed by atoms with Crippen molar-refractivity contribution < 1.29 is 14.3 Å². The lowest BCUT2D eigenvalue weighted by Gasteiger charge is -2.33. The molecule has 5 rings (SSSR count). The summed E-state index contributed by atoms with van der Waals surface area (Å²) in [6, 6.07) is 16.4. The van der Waals surface area contributed by atoms with Crippen molar-refractivity contribution in [2.75, 3.05) is 18.5 Å². The van der Waals surface area contributed by atoms with Crippen LogP contribution in [0.15, 0.2) is 60.8 Å². The zero-order valence-electron chi connectivity index (χ0n) is 21.2. The Morgan fingerprint density at radius 1 is 1.08 bits per heavy atom. The molecular formula is C29H33ClN4O3. The summed E-state index contributed by atoms with van der Waals surface area (Å²) in [5.74, 6) is -0.438. The van der Waals surface area contributed by atoms with Gasteiger partial charge in [-0.2, -0.15) is 5.10 Å². The van der Waals surface area contributed by atoms with E-state index in [1.165, 1.54) is 10.2 Å². The van der Waals surface area contributed by atoms with Gasteiger partial charge >= 0.3 is 0 Å². The minimum Gasteiger partial charge on any atom is -0.381 e. The van der Waals surface area contributed by atoms with Crippen LogP contribution in [0.4, 0.5) is 5.69 Å². The van der Waals surface area contributed by atoms with E-state index in [2.05, 4.69) is 34.8 Å². The van der Waals surface area contributed by atoms with Crippen molar-refractivity contribution in [2.24, 2.45) is 12.5 Å². The van der Waals surface area contributed by atoms with Crippen LogP contribution in [-0.4, -0.2) is 40.9 Å². The molecule has 7 nitrogen and oxygen atoms in total. The zero-order chi connectivity index (χ0) is 26.0. The second-order valence-electron chi connectivity index (χ2n) is 10.4. The van der Waals surface area contributed by atoms with Crippen LogP contribution in [0, 0.1) is 5.41 Å². The number of hydrogen-bond donors (Lipinski definition) is 2. The molecule has 194 valence electrons. The molecule has 1 aliphatic heterocycles. The van der Waals surface area contributed by atoms with Gasteiger partial charge in [0.25, 0.3) is 5.91 Å². The first-order chi connectivity index (χ1) is 17.9. The Labute approximate surface area is 222 Å². The molecule has 0 bridgehead atoms. The second-order valence-corrected chi connectivity index (χ2v) is 10.8. The normalized spacial score (nSPS) is 18.6. The quantitative estimate of drug-likeness (QED) is 0.422. The van der Waals surface area contributed by atoms with Crippen molar-refractivity contribution in [1.29, 1.82) is 0 Å². The molecule has 1 aliphatic carbocycles. The number of ether oxygens (including phenoxy) is 1. The summed E-state index contributed by atoms with van der Waals surface area (Å²) in [4.78, 5) is 27.2. The predicted octanol–water partition coefficient (Wildman–Crippen LogP) is 5.29. The minimum atomic E-state index is -0.829. The van der Waals surface area contributed by atoms with Gasteiger partial charge in [0, 0.05) is 43.1 Å². The Hall–Kier alpha value is -3.16. The fraction of sp³-hybridized carbons (Fsp3) is 0.414. The summed E-state index contributed by atoms with van der Waals surface area (Å²) in [6.45, 7) is 3.72. The van der Waals surface area contributed by atoms with E-state index in [9.17, 15) is 9.59 Å². The number of aromatic nitrogens is 2. The van der Waals surface area contributed by atoms with Gasteiger partial charge in [-0.15, -0.1) is 0 Å². The molecule has 2 aromatic carbocycles. The third-order valence-corrected chi connectivity index (χ3v) is 8.20. The number of hydrogen-bond acceptors (Lipinski definition) is 4. The van der Waals surface area contributed by atoms with Gasteiger partial charge in [-0.05, 0) is 72.4 Å². The average molecular weight is 521 g/mol. The molecule has 2 amide bonds. The molecule has 1 aromatic heterocycles. The molecule has 1 saturated carbocycles. The highest BCUT2D eigenvalue weighted by Gasteiger charge is 2.51. The van der Waals surface area contributed by atoms with Gasteiger partial charge in [-0.25, -0.2) is 0 Å². The predicted molar refractivity (Wildman–Crippen MR) is 144 cm³/mol. The first-order valence-corrected chi connectivity index (χ1v) is 13.3. The van der Waals surface area contributed by atoms with E-state index >= 15 is 0 Å². The van der Waals surface area contributed by atoms with Crippen LogP contribution in [-0.2, 0) is 16.6 Å². The Bertz CT molecular complexity index is 1260. The molecule has 3 aromatic rings. The van der Waals surface area contributed by atoms with E-state index in [-0.39, 0.29) is 23.1 Å². The van der Waals surface area contributed by atoms with E-state index in [4.69, 9.17) is 16.3 Å². The largest absolute Gasteiger partial charge is 0.381 e. The van der Waals surface area contributed by atoms with Gasteiger partial charge < -0.3 is 15.4 Å². The average Bonchev–Trinajstić information content (AvgIpc) is 3.50. The molecule has 2 N–H and O–H groups in total. The van der Waals surface area contributed by atoms with Crippen molar-refractivity contribution in [3.8, 4) is 0 Å². The maximum atomic E-state index is 13.9. The maximum absolute atomic E-state index is 13.9. The number of benzene rings is 2. The lowest BCUT2D eigenvalue weighted by atomic mass is 9.78. The van der Waals surface area contributed by atoms with Crippen molar-refractivity contribution >= 4 is 29.1 Å². The number of amides is 2. The first-order valence-electron chi connectivity index (χ1n) is 12.9. The van der Waals surface area contributed by atoms with E-state index in [1.807, 2.05) is 36.4 Å². The van der Waals surface area contributed by atoms with Crippen LogP contribution >= 0.6 is 11.6 Å². The molecule has 2 fully saturated rings. The van der Waals surface area contributed by atoms with Gasteiger partial charge in [-0.3, -0.25) is 14.3 Å². The van der Waals surface area contributed by atoms with Gasteiger partial charge in [0.15, 0.2) is 0 Å². The fourth-order valence-corrected chi connectivity index (χ4v) is 5.65. The summed E-state index contributed by atoms with van der Waals surface area (Å²) in [6.07, 6.45) is 5.48. The highest BCUT2D eigenvalue weighted by atomic mass is 35.5. The van der Waals surface area contributed by atoms with E-state index in [0.717, 1.165) is 44.5 Å². The zero-order valence-corrected chi connectivity index (χ0v) is 22.0. The summed E-state index contributed by atoms with van der Waals surface area (Å²) >= 11 is 6.65. The number of carbonyl (C=O) groups excluding carboxylic acids is 2. The monoisotopic (exact) mass is 520 g/mol. The van der Waals surface area contributed by atoms with Gasteiger partial charge in [-0.1, -0.05) is 48.9 Å². The van der Waals surface area contributed by atoms with Crippen LogP contribution in [0.5, 0.6) is 0 Å². The molecule has 0 spiro atoms. The highest BCUT2D eigenvalue weighted by Crippen LogP contribution is 2.58. The molecule has 2 heterocycles. The maximum Gasteiger partial charge on any atom is 0.270 e. The number of halogens is 1. The van der Waals surface area contributed by atoms with E-state index < -0.39 is 6.04 Å². The molecule has 2 atom stereocenters. The topological polar surface area (TPSA) is 85.2 Å². The number of nitrogens with zero attached hydrogens (tertiary/aromatic N) is 2. The third kappa shape index (κ3) is 5.58.